The fraction of sp³-hybridized carbons (Fsp3) is 0.438. The van der Waals surface area contributed by atoms with Crippen molar-refractivity contribution in [3.8, 4) is 6.07 Å². The van der Waals surface area contributed by atoms with Gasteiger partial charge in [-0.3, -0.25) is 9.36 Å². The Morgan fingerprint density at radius 2 is 2.05 bits per heavy atom. The smallest absolute Gasteiger partial charge is 0.262 e. The number of nitriles is 1. The van der Waals surface area contributed by atoms with Crippen LogP contribution in [0.4, 0.5) is 0 Å². The Labute approximate surface area is 128 Å². The van der Waals surface area contributed by atoms with E-state index in [2.05, 4.69) is 24.9 Å². The molecule has 0 N–H and O–H groups in total. The van der Waals surface area contributed by atoms with Gasteiger partial charge >= 0.3 is 0 Å². The van der Waals surface area contributed by atoms with Crippen LogP contribution in [-0.4, -0.2) is 14.8 Å². The summed E-state index contributed by atoms with van der Waals surface area (Å²) in [6.45, 7) is 6.71. The zero-order valence-corrected chi connectivity index (χ0v) is 13.4. The average Bonchev–Trinajstić information content (AvgIpc) is 2.46. The van der Waals surface area contributed by atoms with E-state index in [1.165, 1.54) is 11.8 Å². The first kappa shape index (κ1) is 15.6. The van der Waals surface area contributed by atoms with E-state index in [0.717, 1.165) is 6.42 Å². The molecule has 0 aliphatic heterocycles. The standard InChI is InChI=1S/C16H19N3OS/c1-11(2)8-9-19-15(20)13-6-4-5-7-14(13)18-16(19)21-12(3)10-17/h4-7,11-12H,8-9H2,1-3H3/t12-/m0/s1. The molecule has 0 fully saturated rings. The average molecular weight is 301 g/mol. The Bertz CT molecular complexity index is 730. The highest BCUT2D eigenvalue weighted by molar-refractivity contribution is 8.00. The lowest BCUT2D eigenvalue weighted by Gasteiger charge is -2.14. The van der Waals surface area contributed by atoms with Gasteiger partial charge in [0.25, 0.3) is 5.56 Å². The Balaban J connectivity index is 2.54. The zero-order valence-electron chi connectivity index (χ0n) is 12.5. The van der Waals surface area contributed by atoms with Gasteiger partial charge in [0, 0.05) is 6.54 Å². The molecule has 21 heavy (non-hydrogen) atoms. The number of benzene rings is 1. The SMILES string of the molecule is CC(C)CCn1c(S[C@@H](C)C#N)nc2ccccc2c1=O. The first-order chi connectivity index (χ1) is 10.0. The molecule has 2 aromatic rings. The van der Waals surface area contributed by atoms with Gasteiger partial charge in [-0.15, -0.1) is 0 Å². The molecule has 1 aromatic heterocycles. The van der Waals surface area contributed by atoms with E-state index in [1.54, 1.807) is 10.6 Å². The van der Waals surface area contributed by atoms with Gasteiger partial charge in [0.05, 0.1) is 22.2 Å². The number of para-hydroxylation sites is 1. The second-order valence-corrected chi connectivity index (χ2v) is 6.75. The van der Waals surface area contributed by atoms with Gasteiger partial charge in [0.1, 0.15) is 0 Å². The third kappa shape index (κ3) is 3.64. The fourth-order valence-electron chi connectivity index (χ4n) is 2.01. The van der Waals surface area contributed by atoms with Gasteiger partial charge in [-0.25, -0.2) is 4.98 Å². The highest BCUT2D eigenvalue weighted by atomic mass is 32.2. The van der Waals surface area contributed by atoms with Crippen molar-refractivity contribution in [3.05, 3.63) is 34.6 Å². The van der Waals surface area contributed by atoms with Crippen molar-refractivity contribution in [1.82, 2.24) is 9.55 Å². The van der Waals surface area contributed by atoms with Crippen molar-refractivity contribution >= 4 is 22.7 Å². The monoisotopic (exact) mass is 301 g/mol. The van der Waals surface area contributed by atoms with Crippen molar-refractivity contribution < 1.29 is 0 Å². The Hall–Kier alpha value is -1.80. The molecule has 2 rings (SSSR count). The second kappa shape index (κ2) is 6.77. The molecule has 0 amide bonds. The van der Waals surface area contributed by atoms with E-state index in [4.69, 9.17) is 5.26 Å². The van der Waals surface area contributed by atoms with Crippen molar-refractivity contribution in [3.63, 3.8) is 0 Å². The number of fused-ring (bicyclic) bond motifs is 1. The van der Waals surface area contributed by atoms with E-state index in [9.17, 15) is 4.79 Å². The first-order valence-electron chi connectivity index (χ1n) is 7.08. The summed E-state index contributed by atoms with van der Waals surface area (Å²) in [6, 6.07) is 9.54. The van der Waals surface area contributed by atoms with Gasteiger partial charge in [0.15, 0.2) is 5.16 Å². The molecule has 1 heterocycles. The number of thioether (sulfide) groups is 1. The summed E-state index contributed by atoms with van der Waals surface area (Å²) in [5.74, 6) is 0.509. The van der Waals surface area contributed by atoms with E-state index in [0.29, 0.717) is 28.5 Å². The van der Waals surface area contributed by atoms with Crippen molar-refractivity contribution in [2.45, 2.75) is 44.1 Å². The zero-order chi connectivity index (χ0) is 15.4. The van der Waals surface area contributed by atoms with Crippen molar-refractivity contribution in [2.24, 2.45) is 5.92 Å². The lowest BCUT2D eigenvalue weighted by Crippen LogP contribution is -2.24. The van der Waals surface area contributed by atoms with E-state index in [1.807, 2.05) is 25.1 Å². The molecule has 5 heteroatoms. The molecule has 0 spiro atoms. The van der Waals surface area contributed by atoms with Gasteiger partial charge in [-0.1, -0.05) is 37.7 Å². The Morgan fingerprint density at radius 1 is 1.33 bits per heavy atom. The first-order valence-corrected chi connectivity index (χ1v) is 7.96. The number of hydrogen-bond donors (Lipinski definition) is 0. The van der Waals surface area contributed by atoms with Crippen LogP contribution in [0.25, 0.3) is 10.9 Å². The lowest BCUT2D eigenvalue weighted by molar-refractivity contribution is 0.481. The minimum Gasteiger partial charge on any atom is -0.287 e. The number of rotatable bonds is 5. The molecule has 0 radical (unpaired) electrons. The van der Waals surface area contributed by atoms with Gasteiger partial charge < -0.3 is 0 Å². The molecule has 4 nitrogen and oxygen atoms in total. The summed E-state index contributed by atoms with van der Waals surface area (Å²) in [5.41, 5.74) is 0.671. The Kier molecular flexibility index (Phi) is 5.03. The molecular formula is C16H19N3OS. The van der Waals surface area contributed by atoms with Crippen LogP contribution < -0.4 is 5.56 Å². The molecule has 0 aliphatic rings. The minimum absolute atomic E-state index is 0.0195. The van der Waals surface area contributed by atoms with Crippen LogP contribution in [0, 0.1) is 17.2 Å². The maximum atomic E-state index is 12.7. The third-order valence-corrected chi connectivity index (χ3v) is 4.20. The molecule has 0 saturated heterocycles. The quantitative estimate of drug-likeness (QED) is 0.627. The second-order valence-electron chi connectivity index (χ2n) is 5.44. The maximum Gasteiger partial charge on any atom is 0.262 e. The highest BCUT2D eigenvalue weighted by Gasteiger charge is 2.14. The lowest BCUT2D eigenvalue weighted by atomic mass is 10.1. The topological polar surface area (TPSA) is 58.7 Å². The summed E-state index contributed by atoms with van der Waals surface area (Å²) in [6.07, 6.45) is 0.911. The van der Waals surface area contributed by atoms with E-state index in [-0.39, 0.29) is 10.8 Å². The maximum absolute atomic E-state index is 12.7. The van der Waals surface area contributed by atoms with Crippen LogP contribution in [0.1, 0.15) is 27.2 Å². The van der Waals surface area contributed by atoms with Gasteiger partial charge in [-0.2, -0.15) is 5.26 Å². The van der Waals surface area contributed by atoms with Crippen molar-refractivity contribution in [1.29, 1.82) is 5.26 Å². The molecule has 0 unspecified atom stereocenters. The summed E-state index contributed by atoms with van der Waals surface area (Å²) in [5, 5.41) is 10.0. The Morgan fingerprint density at radius 3 is 2.71 bits per heavy atom. The molecule has 0 aliphatic carbocycles. The van der Waals surface area contributed by atoms with Gasteiger partial charge in [-0.05, 0) is 31.4 Å². The molecular weight excluding hydrogens is 282 g/mol. The van der Waals surface area contributed by atoms with Crippen LogP contribution >= 0.6 is 11.8 Å². The van der Waals surface area contributed by atoms with Crippen LogP contribution in [-0.2, 0) is 6.54 Å². The summed E-state index contributed by atoms with van der Waals surface area (Å²) >= 11 is 1.34. The number of nitrogens with zero attached hydrogens (tertiary/aromatic N) is 3. The molecule has 0 saturated carbocycles. The predicted octanol–water partition coefficient (Wildman–Crippen LogP) is 3.45. The molecule has 110 valence electrons. The molecule has 1 aromatic carbocycles. The normalized spacial score (nSPS) is 12.5. The van der Waals surface area contributed by atoms with Crippen molar-refractivity contribution in [2.75, 3.05) is 0 Å². The largest absolute Gasteiger partial charge is 0.287 e. The highest BCUT2D eigenvalue weighted by Crippen LogP contribution is 2.22. The summed E-state index contributed by atoms with van der Waals surface area (Å²) < 4.78 is 1.71. The van der Waals surface area contributed by atoms with Crippen LogP contribution in [0.15, 0.2) is 34.2 Å². The van der Waals surface area contributed by atoms with Crippen LogP contribution in [0.3, 0.4) is 0 Å². The van der Waals surface area contributed by atoms with E-state index >= 15 is 0 Å². The molecule has 0 bridgehead atoms. The number of hydrogen-bond acceptors (Lipinski definition) is 4. The summed E-state index contributed by atoms with van der Waals surface area (Å²) in [7, 11) is 0. The minimum atomic E-state index is -0.233. The summed E-state index contributed by atoms with van der Waals surface area (Å²) in [4.78, 5) is 17.2. The van der Waals surface area contributed by atoms with Crippen LogP contribution in [0.5, 0.6) is 0 Å². The number of aromatic nitrogens is 2. The van der Waals surface area contributed by atoms with Gasteiger partial charge in [0.2, 0.25) is 0 Å². The van der Waals surface area contributed by atoms with Crippen LogP contribution in [0.2, 0.25) is 0 Å². The van der Waals surface area contributed by atoms with E-state index < -0.39 is 0 Å². The third-order valence-electron chi connectivity index (χ3n) is 3.22. The molecule has 1 atom stereocenters. The predicted molar refractivity (Wildman–Crippen MR) is 86.4 cm³/mol. The fourth-order valence-corrected chi connectivity index (χ4v) is 2.83.